The Morgan fingerprint density at radius 2 is 2.05 bits per heavy atom. The van der Waals surface area contributed by atoms with Crippen molar-refractivity contribution in [2.75, 3.05) is 38.7 Å². The molecule has 0 saturated carbocycles. The molecule has 0 saturated heterocycles. The molecule has 0 aliphatic carbocycles. The van der Waals surface area contributed by atoms with Crippen molar-refractivity contribution in [1.29, 1.82) is 0 Å². The minimum Gasteiger partial charge on any atom is -0.396 e. The van der Waals surface area contributed by atoms with E-state index in [9.17, 15) is 19.4 Å². The van der Waals surface area contributed by atoms with Crippen LogP contribution in [0.2, 0.25) is 0 Å². The molecule has 0 heterocycles. The van der Waals surface area contributed by atoms with Crippen LogP contribution in [0.1, 0.15) is 13.3 Å². The number of carbonyl (C=O) groups excluding carboxylic acids is 1. The van der Waals surface area contributed by atoms with Crippen LogP contribution >= 0.6 is 0 Å². The summed E-state index contributed by atoms with van der Waals surface area (Å²) in [6, 6.07) is 5.73. The van der Waals surface area contributed by atoms with Crippen molar-refractivity contribution in [1.82, 2.24) is 4.90 Å². The smallest absolute Gasteiger partial charge is 0.225 e. The Morgan fingerprint density at radius 3 is 2.62 bits per heavy atom. The molecule has 21 heavy (non-hydrogen) atoms. The van der Waals surface area contributed by atoms with Crippen LogP contribution < -0.4 is 5.32 Å². The quantitative estimate of drug-likeness (QED) is 0.671. The van der Waals surface area contributed by atoms with Gasteiger partial charge in [0.1, 0.15) is 5.82 Å². The highest BCUT2D eigenvalue weighted by Crippen LogP contribution is 2.15. The Morgan fingerprint density at radius 1 is 1.38 bits per heavy atom. The number of anilines is 1. The summed E-state index contributed by atoms with van der Waals surface area (Å²) < 4.78 is 13.0. The van der Waals surface area contributed by atoms with E-state index in [1.54, 1.807) is 13.0 Å². The number of aliphatic hydroxyl groups excluding tert-OH is 2. The normalized spacial score (nSPS) is 11.7. The third-order valence-corrected chi connectivity index (χ3v) is 3.24. The molecule has 0 atom stereocenters. The van der Waals surface area contributed by atoms with Crippen molar-refractivity contribution in [2.24, 2.45) is 5.41 Å². The van der Waals surface area contributed by atoms with Gasteiger partial charge in [-0.05, 0) is 25.2 Å². The number of aliphatic hydroxyl groups is 2. The molecule has 0 fully saturated rings. The Bertz CT molecular complexity index is 464. The molecule has 1 aromatic carbocycles. The summed E-state index contributed by atoms with van der Waals surface area (Å²) in [5.74, 6) is -0.603. The molecule has 3 N–H and O–H groups in total. The molecular formula is C15H23FN2O3. The summed E-state index contributed by atoms with van der Waals surface area (Å²) in [5, 5.41) is 21.1. The van der Waals surface area contributed by atoms with Gasteiger partial charge in [0.05, 0.1) is 13.2 Å². The van der Waals surface area contributed by atoms with E-state index in [-0.39, 0.29) is 25.5 Å². The monoisotopic (exact) mass is 298 g/mol. The molecule has 118 valence electrons. The Labute approximate surface area is 124 Å². The molecule has 1 aromatic rings. The highest BCUT2D eigenvalue weighted by molar-refractivity contribution is 5.90. The Hall–Kier alpha value is -1.50. The lowest BCUT2D eigenvalue weighted by Gasteiger charge is -2.30. The highest BCUT2D eigenvalue weighted by atomic mass is 19.1. The van der Waals surface area contributed by atoms with Gasteiger partial charge in [0.2, 0.25) is 5.91 Å². The lowest BCUT2D eigenvalue weighted by atomic mass is 9.92. The highest BCUT2D eigenvalue weighted by Gasteiger charge is 2.24. The van der Waals surface area contributed by atoms with Gasteiger partial charge < -0.3 is 20.4 Å². The molecule has 0 aromatic heterocycles. The number of rotatable bonds is 8. The number of amides is 1. The first-order valence-electron chi connectivity index (χ1n) is 6.84. The van der Waals surface area contributed by atoms with E-state index < -0.39 is 11.2 Å². The van der Waals surface area contributed by atoms with Crippen LogP contribution in [0.25, 0.3) is 0 Å². The first-order chi connectivity index (χ1) is 9.88. The average Bonchev–Trinajstić information content (AvgIpc) is 2.45. The summed E-state index contributed by atoms with van der Waals surface area (Å²) >= 11 is 0. The minimum atomic E-state index is -0.589. The van der Waals surface area contributed by atoms with Gasteiger partial charge in [-0.2, -0.15) is 0 Å². The third-order valence-electron chi connectivity index (χ3n) is 3.24. The molecule has 0 spiro atoms. The van der Waals surface area contributed by atoms with Crippen molar-refractivity contribution in [3.63, 3.8) is 0 Å². The summed E-state index contributed by atoms with van der Waals surface area (Å²) in [7, 11) is 1.82. The maximum Gasteiger partial charge on any atom is 0.225 e. The number of benzene rings is 1. The fourth-order valence-electron chi connectivity index (χ4n) is 1.96. The number of carbonyl (C=O) groups is 1. The van der Waals surface area contributed by atoms with Crippen molar-refractivity contribution < 1.29 is 19.4 Å². The molecule has 6 heteroatoms. The Kier molecular flexibility index (Phi) is 6.74. The zero-order chi connectivity index (χ0) is 15.9. The molecule has 5 nitrogen and oxygen atoms in total. The van der Waals surface area contributed by atoms with Crippen LogP contribution in [-0.2, 0) is 4.79 Å². The minimum absolute atomic E-state index is 0.122. The lowest BCUT2D eigenvalue weighted by Crippen LogP contribution is -2.40. The van der Waals surface area contributed by atoms with Gasteiger partial charge in [-0.3, -0.25) is 4.79 Å². The van der Waals surface area contributed by atoms with Crippen molar-refractivity contribution >= 4 is 11.6 Å². The SMILES string of the molecule is CN(CCC(=O)Nc1cccc(F)c1)CC(C)(CO)CO. The molecule has 0 unspecified atom stereocenters. The molecule has 0 aliphatic heterocycles. The number of halogens is 1. The second kappa shape index (κ2) is 8.07. The zero-order valence-corrected chi connectivity index (χ0v) is 12.5. The van der Waals surface area contributed by atoms with E-state index in [1.165, 1.54) is 18.2 Å². The largest absolute Gasteiger partial charge is 0.396 e. The Balaban J connectivity index is 2.39. The first kappa shape index (κ1) is 17.6. The predicted octanol–water partition coefficient (Wildman–Crippen LogP) is 1.08. The lowest BCUT2D eigenvalue weighted by molar-refractivity contribution is -0.116. The standard InChI is InChI=1S/C15H23FN2O3/c1-15(10-19,11-20)9-18(2)7-6-14(21)17-13-5-3-4-12(16)8-13/h3-5,8,19-20H,6-7,9-11H2,1-2H3,(H,17,21). The summed E-state index contributed by atoms with van der Waals surface area (Å²) in [4.78, 5) is 13.6. The van der Waals surface area contributed by atoms with E-state index in [1.807, 2.05) is 11.9 Å². The van der Waals surface area contributed by atoms with Gasteiger partial charge in [-0.25, -0.2) is 4.39 Å². The van der Waals surface area contributed by atoms with Crippen molar-refractivity contribution in [3.8, 4) is 0 Å². The molecular weight excluding hydrogens is 275 g/mol. The van der Waals surface area contributed by atoms with E-state index >= 15 is 0 Å². The third kappa shape index (κ3) is 6.20. The van der Waals surface area contributed by atoms with Crippen LogP contribution in [0.15, 0.2) is 24.3 Å². The molecule has 0 bridgehead atoms. The summed E-state index contributed by atoms with van der Waals surface area (Å²) in [6.45, 7) is 2.49. The second-order valence-electron chi connectivity index (χ2n) is 5.67. The number of nitrogens with zero attached hydrogens (tertiary/aromatic N) is 1. The molecule has 0 radical (unpaired) electrons. The summed E-state index contributed by atoms with van der Waals surface area (Å²) in [5.41, 5.74) is -0.161. The molecule has 0 aliphatic rings. The first-order valence-corrected chi connectivity index (χ1v) is 6.84. The average molecular weight is 298 g/mol. The maximum atomic E-state index is 13.0. The van der Waals surface area contributed by atoms with Gasteiger partial charge in [0.25, 0.3) is 0 Å². The van der Waals surface area contributed by atoms with Gasteiger partial charge in [0, 0.05) is 30.6 Å². The van der Waals surface area contributed by atoms with Crippen LogP contribution in [-0.4, -0.2) is 54.4 Å². The second-order valence-corrected chi connectivity index (χ2v) is 5.67. The number of hydrogen-bond donors (Lipinski definition) is 3. The fourth-order valence-corrected chi connectivity index (χ4v) is 1.96. The number of nitrogens with one attached hydrogen (secondary N) is 1. The van der Waals surface area contributed by atoms with E-state index in [2.05, 4.69) is 5.32 Å². The van der Waals surface area contributed by atoms with Gasteiger partial charge in [-0.15, -0.1) is 0 Å². The van der Waals surface area contributed by atoms with Crippen molar-refractivity contribution in [2.45, 2.75) is 13.3 Å². The summed E-state index contributed by atoms with van der Waals surface area (Å²) in [6.07, 6.45) is 0.250. The maximum absolute atomic E-state index is 13.0. The van der Waals surface area contributed by atoms with E-state index in [0.29, 0.717) is 18.8 Å². The van der Waals surface area contributed by atoms with Crippen LogP contribution in [0.5, 0.6) is 0 Å². The van der Waals surface area contributed by atoms with Crippen LogP contribution in [0.3, 0.4) is 0 Å². The molecule has 1 amide bonds. The van der Waals surface area contributed by atoms with Crippen LogP contribution in [0.4, 0.5) is 10.1 Å². The van der Waals surface area contributed by atoms with Crippen molar-refractivity contribution in [3.05, 3.63) is 30.1 Å². The zero-order valence-electron chi connectivity index (χ0n) is 12.5. The molecule has 1 rings (SSSR count). The topological polar surface area (TPSA) is 72.8 Å². The van der Waals surface area contributed by atoms with E-state index in [0.717, 1.165) is 0 Å². The fraction of sp³-hybridized carbons (Fsp3) is 0.533. The van der Waals surface area contributed by atoms with E-state index in [4.69, 9.17) is 0 Å². The van der Waals surface area contributed by atoms with Gasteiger partial charge >= 0.3 is 0 Å². The number of hydrogen-bond acceptors (Lipinski definition) is 4. The predicted molar refractivity (Wildman–Crippen MR) is 79.4 cm³/mol. The van der Waals surface area contributed by atoms with Crippen LogP contribution in [0, 0.1) is 11.2 Å². The van der Waals surface area contributed by atoms with Gasteiger partial charge in [-0.1, -0.05) is 13.0 Å². The van der Waals surface area contributed by atoms with Gasteiger partial charge in [0.15, 0.2) is 0 Å².